The van der Waals surface area contributed by atoms with Gasteiger partial charge in [-0.1, -0.05) is 12.1 Å². The van der Waals surface area contributed by atoms with Gasteiger partial charge in [-0.05, 0) is 43.9 Å². The lowest BCUT2D eigenvalue weighted by molar-refractivity contribution is -0.0976. The SMILES string of the molecule is Cc1ccc(C(C)(O)C2(C#N)CCOCC2)cc1F. The van der Waals surface area contributed by atoms with Gasteiger partial charge in [0.25, 0.3) is 0 Å². The Morgan fingerprint density at radius 1 is 1.42 bits per heavy atom. The average molecular weight is 263 g/mol. The standard InChI is InChI=1S/C15H18FNO2/c1-11-3-4-12(9-13(11)16)14(2,18)15(10-17)5-7-19-8-6-15/h3-4,9,18H,5-8H2,1-2H3. The zero-order valence-corrected chi connectivity index (χ0v) is 11.2. The van der Waals surface area contributed by atoms with Crippen LogP contribution in [0, 0.1) is 29.5 Å². The molecule has 1 unspecified atom stereocenters. The van der Waals surface area contributed by atoms with Gasteiger partial charge < -0.3 is 9.84 Å². The van der Waals surface area contributed by atoms with Crippen molar-refractivity contribution < 1.29 is 14.2 Å². The molecule has 0 aromatic heterocycles. The number of halogens is 1. The molecule has 0 saturated carbocycles. The Balaban J connectivity index is 2.45. The number of hydrogen-bond donors (Lipinski definition) is 1. The van der Waals surface area contributed by atoms with Crippen molar-refractivity contribution in [3.63, 3.8) is 0 Å². The average Bonchev–Trinajstić information content (AvgIpc) is 2.42. The monoisotopic (exact) mass is 263 g/mol. The van der Waals surface area contributed by atoms with Gasteiger partial charge in [0.05, 0.1) is 11.5 Å². The van der Waals surface area contributed by atoms with Crippen molar-refractivity contribution >= 4 is 0 Å². The molecular weight excluding hydrogens is 245 g/mol. The van der Waals surface area contributed by atoms with Crippen molar-refractivity contribution in [3.05, 3.63) is 35.1 Å². The fourth-order valence-electron chi connectivity index (χ4n) is 2.60. The molecule has 0 aliphatic carbocycles. The van der Waals surface area contributed by atoms with Crippen LogP contribution in [0.3, 0.4) is 0 Å². The number of nitrogens with zero attached hydrogens (tertiary/aromatic N) is 1. The Morgan fingerprint density at radius 3 is 2.58 bits per heavy atom. The van der Waals surface area contributed by atoms with Crippen molar-refractivity contribution in [2.75, 3.05) is 13.2 Å². The number of ether oxygens (including phenoxy) is 1. The van der Waals surface area contributed by atoms with Gasteiger partial charge in [0.15, 0.2) is 0 Å². The van der Waals surface area contributed by atoms with Gasteiger partial charge in [-0.25, -0.2) is 4.39 Å². The maximum Gasteiger partial charge on any atom is 0.126 e. The summed E-state index contributed by atoms with van der Waals surface area (Å²) in [7, 11) is 0. The Bertz CT molecular complexity index is 513. The second kappa shape index (κ2) is 4.92. The molecule has 1 aromatic rings. The minimum absolute atomic E-state index is 0.363. The molecule has 2 rings (SSSR count). The molecule has 1 fully saturated rings. The Kier molecular flexibility index (Phi) is 3.62. The predicted octanol–water partition coefficient (Wildman–Crippen LogP) is 2.66. The largest absolute Gasteiger partial charge is 0.384 e. The van der Waals surface area contributed by atoms with Gasteiger partial charge in [-0.15, -0.1) is 0 Å². The summed E-state index contributed by atoms with van der Waals surface area (Å²) in [5, 5.41) is 20.3. The Hall–Kier alpha value is -1.44. The first-order valence-electron chi connectivity index (χ1n) is 6.41. The van der Waals surface area contributed by atoms with E-state index in [2.05, 4.69) is 6.07 Å². The molecule has 3 nitrogen and oxygen atoms in total. The summed E-state index contributed by atoms with van der Waals surface area (Å²) in [6, 6.07) is 6.88. The highest BCUT2D eigenvalue weighted by Crippen LogP contribution is 2.46. The lowest BCUT2D eigenvalue weighted by Gasteiger charge is -2.43. The summed E-state index contributed by atoms with van der Waals surface area (Å²) in [5.74, 6) is -0.363. The summed E-state index contributed by atoms with van der Waals surface area (Å²) in [4.78, 5) is 0. The van der Waals surface area contributed by atoms with Gasteiger partial charge in [0.2, 0.25) is 0 Å². The first-order chi connectivity index (χ1) is 8.93. The number of rotatable bonds is 2. The van der Waals surface area contributed by atoms with E-state index in [1.807, 2.05) is 0 Å². The van der Waals surface area contributed by atoms with Gasteiger partial charge in [0.1, 0.15) is 11.4 Å². The Labute approximate surface area is 112 Å². The summed E-state index contributed by atoms with van der Waals surface area (Å²) in [6.07, 6.45) is 0.901. The molecule has 0 bridgehead atoms. The van der Waals surface area contributed by atoms with Gasteiger partial charge in [-0.3, -0.25) is 0 Å². The third-order valence-corrected chi connectivity index (χ3v) is 4.23. The molecule has 0 radical (unpaired) electrons. The second-order valence-electron chi connectivity index (χ2n) is 5.34. The van der Waals surface area contributed by atoms with Crippen molar-refractivity contribution in [2.24, 2.45) is 5.41 Å². The van der Waals surface area contributed by atoms with E-state index in [0.29, 0.717) is 37.2 Å². The molecule has 1 atom stereocenters. The van der Waals surface area contributed by atoms with E-state index < -0.39 is 11.0 Å². The van der Waals surface area contributed by atoms with Crippen LogP contribution in [0.4, 0.5) is 4.39 Å². The van der Waals surface area contributed by atoms with Gasteiger partial charge in [-0.2, -0.15) is 5.26 Å². The fourth-order valence-corrected chi connectivity index (χ4v) is 2.60. The van der Waals surface area contributed by atoms with Crippen molar-refractivity contribution in [1.82, 2.24) is 0 Å². The van der Waals surface area contributed by atoms with E-state index in [0.717, 1.165) is 0 Å². The van der Waals surface area contributed by atoms with Gasteiger partial charge >= 0.3 is 0 Å². The normalized spacial score (nSPS) is 21.4. The highest BCUT2D eigenvalue weighted by Gasteiger charge is 2.49. The number of aliphatic hydroxyl groups is 1. The predicted molar refractivity (Wildman–Crippen MR) is 68.8 cm³/mol. The fraction of sp³-hybridized carbons (Fsp3) is 0.533. The molecule has 19 heavy (non-hydrogen) atoms. The van der Waals surface area contributed by atoms with Gasteiger partial charge in [0, 0.05) is 13.2 Å². The first-order valence-corrected chi connectivity index (χ1v) is 6.41. The molecule has 102 valence electrons. The van der Waals surface area contributed by atoms with Crippen LogP contribution in [0.2, 0.25) is 0 Å². The molecule has 1 aromatic carbocycles. The molecule has 1 N–H and O–H groups in total. The van der Waals surface area contributed by atoms with E-state index >= 15 is 0 Å². The zero-order chi connectivity index (χ0) is 14.1. The second-order valence-corrected chi connectivity index (χ2v) is 5.34. The minimum atomic E-state index is -1.39. The summed E-state index contributed by atoms with van der Waals surface area (Å²) in [6.45, 7) is 4.14. The number of benzene rings is 1. The van der Waals surface area contributed by atoms with Crippen LogP contribution in [0.25, 0.3) is 0 Å². The molecule has 1 aliphatic rings. The highest BCUT2D eigenvalue weighted by atomic mass is 19.1. The zero-order valence-electron chi connectivity index (χ0n) is 11.2. The third-order valence-electron chi connectivity index (χ3n) is 4.23. The van der Waals surface area contributed by atoms with Crippen LogP contribution in [-0.4, -0.2) is 18.3 Å². The third kappa shape index (κ3) is 2.24. The molecule has 1 heterocycles. The topological polar surface area (TPSA) is 53.2 Å². The first kappa shape index (κ1) is 14.0. The number of hydrogen-bond acceptors (Lipinski definition) is 3. The number of aryl methyl sites for hydroxylation is 1. The van der Waals surface area contributed by atoms with Crippen LogP contribution in [0.5, 0.6) is 0 Å². The lowest BCUT2D eigenvalue weighted by Crippen LogP contribution is -2.46. The maximum atomic E-state index is 13.7. The van der Waals surface area contributed by atoms with Crippen LogP contribution in [0.1, 0.15) is 30.9 Å². The van der Waals surface area contributed by atoms with Crippen LogP contribution in [0.15, 0.2) is 18.2 Å². The highest BCUT2D eigenvalue weighted by molar-refractivity contribution is 5.32. The summed E-state index contributed by atoms with van der Waals surface area (Å²) in [5.41, 5.74) is -1.34. The quantitative estimate of drug-likeness (QED) is 0.892. The Morgan fingerprint density at radius 2 is 2.05 bits per heavy atom. The van der Waals surface area contributed by atoms with E-state index in [4.69, 9.17) is 4.74 Å². The molecule has 1 saturated heterocycles. The molecular formula is C15H18FNO2. The molecule has 0 spiro atoms. The summed E-state index contributed by atoms with van der Waals surface area (Å²) >= 11 is 0. The van der Waals surface area contributed by atoms with E-state index in [1.165, 1.54) is 6.07 Å². The minimum Gasteiger partial charge on any atom is -0.384 e. The molecule has 1 aliphatic heterocycles. The van der Waals surface area contributed by atoms with Crippen molar-refractivity contribution in [2.45, 2.75) is 32.3 Å². The van der Waals surface area contributed by atoms with Crippen LogP contribution in [-0.2, 0) is 10.3 Å². The smallest absolute Gasteiger partial charge is 0.126 e. The molecule has 4 heteroatoms. The number of nitriles is 1. The lowest BCUT2D eigenvalue weighted by atomic mass is 9.65. The van der Waals surface area contributed by atoms with Crippen LogP contribution >= 0.6 is 0 Å². The maximum absolute atomic E-state index is 13.7. The van der Waals surface area contributed by atoms with E-state index in [-0.39, 0.29) is 5.82 Å². The summed E-state index contributed by atoms with van der Waals surface area (Å²) < 4.78 is 19.0. The van der Waals surface area contributed by atoms with Crippen molar-refractivity contribution in [3.8, 4) is 6.07 Å². The van der Waals surface area contributed by atoms with E-state index in [1.54, 1.807) is 26.0 Å². The van der Waals surface area contributed by atoms with Crippen LogP contribution < -0.4 is 0 Å². The molecule has 0 amide bonds. The van der Waals surface area contributed by atoms with E-state index in [9.17, 15) is 14.8 Å². The van der Waals surface area contributed by atoms with Crippen molar-refractivity contribution in [1.29, 1.82) is 5.26 Å².